The van der Waals surface area contributed by atoms with Gasteiger partial charge in [0.2, 0.25) is 0 Å². The maximum absolute atomic E-state index is 11.0. The van der Waals surface area contributed by atoms with E-state index >= 15 is 0 Å². The number of hydrogen-bond acceptors (Lipinski definition) is 3. The first-order chi connectivity index (χ1) is 10.4. The minimum Gasteiger partial charge on any atom is -0.414 e. The van der Waals surface area contributed by atoms with Crippen molar-refractivity contribution >= 4 is 20.6 Å². The molecule has 116 valence electrons. The van der Waals surface area contributed by atoms with Gasteiger partial charge in [-0.05, 0) is 22.2 Å². The molecule has 2 rings (SSSR count). The molecule has 4 nitrogen and oxygen atoms in total. The van der Waals surface area contributed by atoms with Crippen LogP contribution in [0.25, 0.3) is 0 Å². The van der Waals surface area contributed by atoms with E-state index in [2.05, 4.69) is 32.9 Å². The minimum atomic E-state index is -0.927. The van der Waals surface area contributed by atoms with Crippen LogP contribution >= 0.6 is 0 Å². The third-order valence-corrected chi connectivity index (χ3v) is 4.86. The second kappa shape index (κ2) is 6.85. The molecule has 0 N–H and O–H groups in total. The van der Waals surface area contributed by atoms with Crippen LogP contribution in [0.1, 0.15) is 31.9 Å². The number of nitro benzene ring substituents is 1. The second-order valence-electron chi connectivity index (χ2n) is 6.29. The molecule has 0 heterocycles. The minimum absolute atomic E-state index is 0.0751. The largest absolute Gasteiger partial charge is 0.414 e. The van der Waals surface area contributed by atoms with Gasteiger partial charge in [0, 0.05) is 6.07 Å². The molecule has 0 aliphatic heterocycles. The molecule has 0 aliphatic rings. The van der Waals surface area contributed by atoms with Crippen LogP contribution < -0.4 is 5.19 Å². The summed E-state index contributed by atoms with van der Waals surface area (Å²) in [4.78, 5) is 10.6. The zero-order valence-corrected chi connectivity index (χ0v) is 14.6. The van der Waals surface area contributed by atoms with Crippen LogP contribution in [0.2, 0.25) is 0 Å². The van der Waals surface area contributed by atoms with Crippen LogP contribution in [-0.4, -0.2) is 14.7 Å². The summed E-state index contributed by atoms with van der Waals surface area (Å²) >= 11 is 0. The fourth-order valence-electron chi connectivity index (χ4n) is 2.46. The van der Waals surface area contributed by atoms with Crippen molar-refractivity contribution in [2.45, 2.75) is 32.8 Å². The van der Waals surface area contributed by atoms with E-state index in [1.54, 1.807) is 18.2 Å². The van der Waals surface area contributed by atoms with Crippen LogP contribution in [0.15, 0.2) is 48.5 Å². The number of rotatable bonds is 5. The predicted molar refractivity (Wildman–Crippen MR) is 91.2 cm³/mol. The van der Waals surface area contributed by atoms with Gasteiger partial charge in [0.25, 0.3) is 5.69 Å². The van der Waals surface area contributed by atoms with Gasteiger partial charge < -0.3 is 4.43 Å². The number of hydrogen-bond donors (Lipinski definition) is 0. The van der Waals surface area contributed by atoms with Gasteiger partial charge in [-0.15, -0.1) is 0 Å². The van der Waals surface area contributed by atoms with Gasteiger partial charge in [-0.2, -0.15) is 0 Å². The Hall–Kier alpha value is -1.98. The SMILES string of the molecule is CC(C)(C)c1ccccc1[SiH2]OCc1ccccc1[N+](=O)[O-]. The van der Waals surface area contributed by atoms with Crippen molar-refractivity contribution in [3.63, 3.8) is 0 Å². The van der Waals surface area contributed by atoms with E-state index in [-0.39, 0.29) is 16.0 Å². The van der Waals surface area contributed by atoms with Gasteiger partial charge in [0.15, 0.2) is 9.76 Å². The topological polar surface area (TPSA) is 52.4 Å². The molecule has 22 heavy (non-hydrogen) atoms. The molecule has 2 aromatic carbocycles. The first-order valence-electron chi connectivity index (χ1n) is 7.28. The maximum atomic E-state index is 11.0. The molecule has 0 amide bonds. The molecule has 0 aliphatic carbocycles. The van der Waals surface area contributed by atoms with Crippen LogP contribution in [0.3, 0.4) is 0 Å². The molecule has 0 saturated heterocycles. The molecule has 2 aromatic rings. The summed E-state index contributed by atoms with van der Waals surface area (Å²) in [5.41, 5.74) is 2.13. The highest BCUT2D eigenvalue weighted by molar-refractivity contribution is 6.47. The summed E-state index contributed by atoms with van der Waals surface area (Å²) in [7, 11) is -0.927. The summed E-state index contributed by atoms with van der Waals surface area (Å²) < 4.78 is 5.87. The standard InChI is InChI=1S/C17H21NO3Si/c1-17(2,3)14-9-5-7-11-16(14)22-21-12-13-8-4-6-10-15(13)18(19)20/h4-11H,12,22H2,1-3H3. The van der Waals surface area contributed by atoms with Gasteiger partial charge in [0.1, 0.15) is 0 Å². The lowest BCUT2D eigenvalue weighted by Gasteiger charge is -2.22. The Bertz CT molecular complexity index is 665. The van der Waals surface area contributed by atoms with Crippen molar-refractivity contribution in [1.82, 2.24) is 0 Å². The Morgan fingerprint density at radius 2 is 1.73 bits per heavy atom. The summed E-state index contributed by atoms with van der Waals surface area (Å²) in [5.74, 6) is 0. The Morgan fingerprint density at radius 3 is 2.41 bits per heavy atom. The number of benzene rings is 2. The van der Waals surface area contributed by atoms with Crippen molar-refractivity contribution in [2.24, 2.45) is 0 Å². The lowest BCUT2D eigenvalue weighted by Crippen LogP contribution is -2.28. The fraction of sp³-hybridized carbons (Fsp3) is 0.294. The molecular weight excluding hydrogens is 294 g/mol. The molecule has 0 bridgehead atoms. The molecule has 0 spiro atoms. The Labute approximate surface area is 133 Å². The molecule has 0 atom stereocenters. The summed E-state index contributed by atoms with van der Waals surface area (Å²) in [6.07, 6.45) is 0. The molecular formula is C17H21NO3Si. The molecule has 0 fully saturated rings. The smallest absolute Gasteiger partial charge is 0.274 e. The van der Waals surface area contributed by atoms with Crippen LogP contribution in [-0.2, 0) is 16.4 Å². The van der Waals surface area contributed by atoms with E-state index < -0.39 is 9.76 Å². The van der Waals surface area contributed by atoms with E-state index in [1.165, 1.54) is 16.8 Å². The van der Waals surface area contributed by atoms with Gasteiger partial charge >= 0.3 is 0 Å². The lowest BCUT2D eigenvalue weighted by atomic mass is 9.87. The fourth-order valence-corrected chi connectivity index (χ4v) is 4.04. The van der Waals surface area contributed by atoms with E-state index in [9.17, 15) is 10.1 Å². The van der Waals surface area contributed by atoms with Crippen LogP contribution in [0, 0.1) is 10.1 Å². The molecule has 0 saturated carbocycles. The highest BCUT2D eigenvalue weighted by atomic mass is 28.2. The predicted octanol–water partition coefficient (Wildman–Crippen LogP) is 2.82. The van der Waals surface area contributed by atoms with Crippen molar-refractivity contribution in [3.05, 3.63) is 69.8 Å². The van der Waals surface area contributed by atoms with E-state index in [1.807, 2.05) is 12.1 Å². The number of para-hydroxylation sites is 1. The van der Waals surface area contributed by atoms with Crippen LogP contribution in [0.4, 0.5) is 5.69 Å². The van der Waals surface area contributed by atoms with E-state index in [4.69, 9.17) is 4.43 Å². The average molecular weight is 315 g/mol. The first kappa shape index (κ1) is 16.4. The van der Waals surface area contributed by atoms with Crippen molar-refractivity contribution in [3.8, 4) is 0 Å². The number of nitrogens with zero attached hydrogens (tertiary/aromatic N) is 1. The molecule has 0 radical (unpaired) electrons. The normalized spacial score (nSPS) is 12.0. The first-order valence-corrected chi connectivity index (χ1v) is 8.56. The third kappa shape index (κ3) is 4.02. The van der Waals surface area contributed by atoms with Gasteiger partial charge in [-0.25, -0.2) is 0 Å². The monoisotopic (exact) mass is 315 g/mol. The summed E-state index contributed by atoms with van der Waals surface area (Å²) in [6, 6.07) is 15.0. The highest BCUT2D eigenvalue weighted by Gasteiger charge is 2.18. The molecule has 0 aromatic heterocycles. The number of nitro groups is 1. The summed E-state index contributed by atoms with van der Waals surface area (Å²) in [5, 5.41) is 12.3. The van der Waals surface area contributed by atoms with Crippen LogP contribution in [0.5, 0.6) is 0 Å². The van der Waals surface area contributed by atoms with Crippen molar-refractivity contribution in [2.75, 3.05) is 0 Å². The second-order valence-corrected chi connectivity index (χ2v) is 7.74. The Morgan fingerprint density at radius 1 is 1.09 bits per heavy atom. The Kier molecular flexibility index (Phi) is 5.10. The lowest BCUT2D eigenvalue weighted by molar-refractivity contribution is -0.385. The zero-order valence-electron chi connectivity index (χ0n) is 13.2. The highest BCUT2D eigenvalue weighted by Crippen LogP contribution is 2.20. The molecule has 0 unspecified atom stereocenters. The maximum Gasteiger partial charge on any atom is 0.274 e. The Balaban J connectivity index is 2.08. The van der Waals surface area contributed by atoms with Crippen molar-refractivity contribution in [1.29, 1.82) is 0 Å². The van der Waals surface area contributed by atoms with Gasteiger partial charge in [-0.1, -0.05) is 57.2 Å². The molecule has 5 heteroatoms. The summed E-state index contributed by atoms with van der Waals surface area (Å²) in [6.45, 7) is 6.84. The zero-order chi connectivity index (χ0) is 16.2. The quantitative estimate of drug-likeness (QED) is 0.484. The van der Waals surface area contributed by atoms with Gasteiger partial charge in [-0.3, -0.25) is 10.1 Å². The van der Waals surface area contributed by atoms with E-state index in [0.717, 1.165) is 0 Å². The van der Waals surface area contributed by atoms with Gasteiger partial charge in [0.05, 0.1) is 17.1 Å². The van der Waals surface area contributed by atoms with E-state index in [0.29, 0.717) is 12.2 Å². The average Bonchev–Trinajstić information content (AvgIpc) is 2.47. The third-order valence-electron chi connectivity index (χ3n) is 3.53. The van der Waals surface area contributed by atoms with Crippen molar-refractivity contribution < 1.29 is 9.35 Å².